The normalized spacial score (nSPS) is 9.94. The van der Waals surface area contributed by atoms with Crippen molar-refractivity contribution in [2.75, 3.05) is 5.43 Å². The minimum absolute atomic E-state index is 0.262. The maximum Gasteiger partial charge on any atom is 0.255 e. The minimum atomic E-state index is -0.262. The standard InChI is InChI=1S/C11H12N4O2/c12-15-10-9(4-1-5-13-10)11(16)14-7-8-3-2-6-17-8/h1-6H,7,12H2,(H,13,15)(H,14,16). The van der Waals surface area contributed by atoms with E-state index in [-0.39, 0.29) is 5.91 Å². The average Bonchev–Trinajstić information content (AvgIpc) is 2.89. The Morgan fingerprint density at radius 2 is 2.29 bits per heavy atom. The number of hydrogen-bond acceptors (Lipinski definition) is 5. The van der Waals surface area contributed by atoms with Gasteiger partial charge in [-0.15, -0.1) is 0 Å². The molecule has 6 nitrogen and oxygen atoms in total. The van der Waals surface area contributed by atoms with Crippen molar-refractivity contribution in [2.24, 2.45) is 5.84 Å². The van der Waals surface area contributed by atoms with Crippen LogP contribution in [0.5, 0.6) is 0 Å². The zero-order valence-corrected chi connectivity index (χ0v) is 9.01. The van der Waals surface area contributed by atoms with E-state index in [2.05, 4.69) is 15.7 Å². The van der Waals surface area contributed by atoms with Gasteiger partial charge < -0.3 is 15.2 Å². The maximum absolute atomic E-state index is 11.8. The van der Waals surface area contributed by atoms with Crippen molar-refractivity contribution in [3.8, 4) is 0 Å². The average molecular weight is 232 g/mol. The van der Waals surface area contributed by atoms with E-state index in [1.54, 1.807) is 36.7 Å². The Labute approximate surface area is 97.8 Å². The lowest BCUT2D eigenvalue weighted by Gasteiger charge is -2.07. The van der Waals surface area contributed by atoms with Crippen LogP contribution in [0.15, 0.2) is 41.1 Å². The number of hydrazine groups is 1. The molecule has 17 heavy (non-hydrogen) atoms. The van der Waals surface area contributed by atoms with Crippen molar-refractivity contribution < 1.29 is 9.21 Å². The molecule has 0 bridgehead atoms. The van der Waals surface area contributed by atoms with E-state index < -0.39 is 0 Å². The molecule has 0 fully saturated rings. The first kappa shape index (κ1) is 11.2. The number of hydrogen-bond donors (Lipinski definition) is 3. The number of anilines is 1. The van der Waals surface area contributed by atoms with Crippen molar-refractivity contribution in [2.45, 2.75) is 6.54 Å². The maximum atomic E-state index is 11.8. The quantitative estimate of drug-likeness (QED) is 0.537. The molecule has 1 amide bonds. The summed E-state index contributed by atoms with van der Waals surface area (Å²) in [6.07, 6.45) is 3.11. The monoisotopic (exact) mass is 232 g/mol. The zero-order valence-electron chi connectivity index (χ0n) is 9.01. The van der Waals surface area contributed by atoms with Crippen molar-refractivity contribution in [1.82, 2.24) is 10.3 Å². The van der Waals surface area contributed by atoms with Gasteiger partial charge in [-0.25, -0.2) is 10.8 Å². The zero-order chi connectivity index (χ0) is 12.1. The molecule has 2 aromatic rings. The summed E-state index contributed by atoms with van der Waals surface area (Å²) in [6, 6.07) is 6.85. The second-order valence-electron chi connectivity index (χ2n) is 3.31. The summed E-state index contributed by atoms with van der Waals surface area (Å²) in [5.74, 6) is 6.03. The molecule has 2 heterocycles. The highest BCUT2D eigenvalue weighted by Gasteiger charge is 2.11. The first-order chi connectivity index (χ1) is 8.31. The number of nitrogens with zero attached hydrogens (tertiary/aromatic N) is 1. The molecular weight excluding hydrogens is 220 g/mol. The molecule has 0 saturated heterocycles. The largest absolute Gasteiger partial charge is 0.467 e. The van der Waals surface area contributed by atoms with Crippen LogP contribution in [0.1, 0.15) is 16.1 Å². The SMILES string of the molecule is NNc1ncccc1C(=O)NCc1ccco1. The second-order valence-corrected chi connectivity index (χ2v) is 3.31. The number of carbonyl (C=O) groups excluding carboxylic acids is 1. The fourth-order valence-corrected chi connectivity index (χ4v) is 1.38. The van der Waals surface area contributed by atoms with Crippen LogP contribution in [0.4, 0.5) is 5.82 Å². The van der Waals surface area contributed by atoms with E-state index in [0.29, 0.717) is 23.7 Å². The fraction of sp³-hybridized carbons (Fsp3) is 0.0909. The molecule has 0 aliphatic rings. The molecule has 0 radical (unpaired) electrons. The molecule has 0 saturated carbocycles. The van der Waals surface area contributed by atoms with Crippen LogP contribution >= 0.6 is 0 Å². The molecule has 0 aliphatic heterocycles. The van der Waals surface area contributed by atoms with E-state index in [1.165, 1.54) is 0 Å². The van der Waals surface area contributed by atoms with Gasteiger partial charge in [0.1, 0.15) is 5.76 Å². The van der Waals surface area contributed by atoms with Gasteiger partial charge in [-0.3, -0.25) is 4.79 Å². The Balaban J connectivity index is 2.04. The number of rotatable bonds is 4. The third-order valence-corrected chi connectivity index (χ3v) is 2.19. The van der Waals surface area contributed by atoms with E-state index in [0.717, 1.165) is 0 Å². The van der Waals surface area contributed by atoms with Crippen molar-refractivity contribution in [3.63, 3.8) is 0 Å². The second kappa shape index (κ2) is 5.13. The number of furan rings is 1. The molecule has 0 unspecified atom stereocenters. The lowest BCUT2D eigenvalue weighted by molar-refractivity contribution is 0.0948. The Kier molecular flexibility index (Phi) is 3.37. The third-order valence-electron chi connectivity index (χ3n) is 2.19. The molecule has 0 atom stereocenters. The number of nitrogen functional groups attached to an aromatic ring is 1. The van der Waals surface area contributed by atoms with Crippen molar-refractivity contribution >= 4 is 11.7 Å². The Morgan fingerprint density at radius 1 is 1.41 bits per heavy atom. The Bertz CT molecular complexity index is 496. The van der Waals surface area contributed by atoms with Crippen LogP contribution in [-0.2, 0) is 6.54 Å². The van der Waals surface area contributed by atoms with Crippen LogP contribution in [0.25, 0.3) is 0 Å². The lowest BCUT2D eigenvalue weighted by atomic mass is 10.2. The summed E-state index contributed by atoms with van der Waals surface area (Å²) in [5, 5.41) is 2.71. The van der Waals surface area contributed by atoms with Gasteiger partial charge in [0.2, 0.25) is 0 Å². The summed E-state index contributed by atoms with van der Waals surface area (Å²) in [6.45, 7) is 0.324. The van der Waals surface area contributed by atoms with Gasteiger partial charge in [0.25, 0.3) is 5.91 Å². The van der Waals surface area contributed by atoms with Gasteiger partial charge in [0.05, 0.1) is 18.4 Å². The molecule has 2 rings (SSSR count). The summed E-state index contributed by atoms with van der Waals surface area (Å²) >= 11 is 0. The van der Waals surface area contributed by atoms with Crippen LogP contribution < -0.4 is 16.6 Å². The topological polar surface area (TPSA) is 93.2 Å². The molecule has 0 aromatic carbocycles. The number of carbonyl (C=O) groups is 1. The van der Waals surface area contributed by atoms with Crippen LogP contribution in [0, 0.1) is 0 Å². The Hall–Kier alpha value is -2.34. The number of aromatic nitrogens is 1. The van der Waals surface area contributed by atoms with Crippen LogP contribution in [-0.4, -0.2) is 10.9 Å². The fourth-order valence-electron chi connectivity index (χ4n) is 1.38. The van der Waals surface area contributed by atoms with Gasteiger partial charge in [-0.05, 0) is 24.3 Å². The summed E-state index contributed by atoms with van der Waals surface area (Å²) in [7, 11) is 0. The number of amides is 1. The predicted molar refractivity (Wildman–Crippen MR) is 61.9 cm³/mol. The van der Waals surface area contributed by atoms with Gasteiger partial charge in [0, 0.05) is 6.20 Å². The number of nitrogens with one attached hydrogen (secondary N) is 2. The highest BCUT2D eigenvalue weighted by Crippen LogP contribution is 2.09. The van der Waals surface area contributed by atoms with Gasteiger partial charge in [-0.2, -0.15) is 0 Å². The van der Waals surface area contributed by atoms with Crippen LogP contribution in [0.3, 0.4) is 0 Å². The van der Waals surface area contributed by atoms with E-state index in [4.69, 9.17) is 10.3 Å². The van der Waals surface area contributed by atoms with Crippen molar-refractivity contribution in [3.05, 3.63) is 48.0 Å². The van der Waals surface area contributed by atoms with Crippen LogP contribution in [0.2, 0.25) is 0 Å². The Morgan fingerprint density at radius 3 is 3.00 bits per heavy atom. The molecule has 0 spiro atoms. The van der Waals surface area contributed by atoms with Gasteiger partial charge in [-0.1, -0.05) is 0 Å². The number of pyridine rings is 1. The smallest absolute Gasteiger partial charge is 0.255 e. The highest BCUT2D eigenvalue weighted by atomic mass is 16.3. The molecule has 88 valence electrons. The molecule has 4 N–H and O–H groups in total. The molecule has 2 aromatic heterocycles. The summed E-state index contributed by atoms with van der Waals surface area (Å²) in [5.41, 5.74) is 2.76. The third kappa shape index (κ3) is 2.61. The first-order valence-electron chi connectivity index (χ1n) is 5.03. The van der Waals surface area contributed by atoms with Crippen molar-refractivity contribution in [1.29, 1.82) is 0 Å². The lowest BCUT2D eigenvalue weighted by Crippen LogP contribution is -2.25. The van der Waals surface area contributed by atoms with E-state index in [1.807, 2.05) is 0 Å². The number of nitrogens with two attached hydrogens (primary N) is 1. The predicted octanol–water partition coefficient (Wildman–Crippen LogP) is 0.890. The molecular formula is C11H12N4O2. The summed E-state index contributed by atoms with van der Waals surface area (Å²) < 4.78 is 5.11. The van der Waals surface area contributed by atoms with E-state index in [9.17, 15) is 4.79 Å². The minimum Gasteiger partial charge on any atom is -0.467 e. The molecule has 0 aliphatic carbocycles. The molecule has 6 heteroatoms. The van der Waals surface area contributed by atoms with E-state index >= 15 is 0 Å². The van der Waals surface area contributed by atoms with Gasteiger partial charge in [0.15, 0.2) is 5.82 Å². The highest BCUT2D eigenvalue weighted by molar-refractivity contribution is 5.98. The van der Waals surface area contributed by atoms with Gasteiger partial charge >= 0.3 is 0 Å². The first-order valence-corrected chi connectivity index (χ1v) is 5.03. The summed E-state index contributed by atoms with van der Waals surface area (Å²) in [4.78, 5) is 15.8.